The van der Waals surface area contributed by atoms with Crippen LogP contribution in [0.15, 0.2) is 18.3 Å². The molecule has 0 saturated carbocycles. The summed E-state index contributed by atoms with van der Waals surface area (Å²) < 4.78 is 5.45. The maximum atomic E-state index is 11.0. The first-order valence-electron chi connectivity index (χ1n) is 7.56. The molecular weight excluding hydrogens is 254 g/mol. The molecule has 1 aromatic heterocycles. The van der Waals surface area contributed by atoms with Crippen LogP contribution in [0.4, 0.5) is 0 Å². The van der Waals surface area contributed by atoms with Crippen LogP contribution in [0.5, 0.6) is 5.88 Å². The van der Waals surface area contributed by atoms with Crippen LogP contribution < -0.4 is 4.74 Å². The van der Waals surface area contributed by atoms with Crippen LogP contribution >= 0.6 is 0 Å². The summed E-state index contributed by atoms with van der Waals surface area (Å²) in [5.41, 5.74) is 0.132. The molecule has 0 amide bonds. The minimum absolute atomic E-state index is 0.132. The highest BCUT2D eigenvalue weighted by Crippen LogP contribution is 2.15. The second-order valence-electron chi connectivity index (χ2n) is 4.98. The van der Waals surface area contributed by atoms with E-state index < -0.39 is 5.97 Å². The molecule has 0 spiro atoms. The highest BCUT2D eigenvalue weighted by Gasteiger charge is 2.11. The minimum atomic E-state index is -0.996. The molecule has 0 aromatic carbocycles. The van der Waals surface area contributed by atoms with Crippen LogP contribution in [0.1, 0.15) is 68.6 Å². The van der Waals surface area contributed by atoms with Gasteiger partial charge in [-0.25, -0.2) is 9.78 Å². The minimum Gasteiger partial charge on any atom is -0.477 e. The summed E-state index contributed by atoms with van der Waals surface area (Å²) >= 11 is 0. The van der Waals surface area contributed by atoms with E-state index in [0.717, 1.165) is 12.8 Å². The molecule has 0 bridgehead atoms. The van der Waals surface area contributed by atoms with Crippen LogP contribution in [0.3, 0.4) is 0 Å². The number of aromatic nitrogens is 1. The summed E-state index contributed by atoms with van der Waals surface area (Å²) in [5, 5.41) is 8.99. The van der Waals surface area contributed by atoms with Gasteiger partial charge in [-0.15, -0.1) is 0 Å². The van der Waals surface area contributed by atoms with Gasteiger partial charge in [0.25, 0.3) is 0 Å². The van der Waals surface area contributed by atoms with Crippen LogP contribution in [0.2, 0.25) is 0 Å². The number of carboxylic acid groups (broad SMARTS) is 1. The highest BCUT2D eigenvalue weighted by atomic mass is 16.5. The van der Waals surface area contributed by atoms with E-state index in [4.69, 9.17) is 9.84 Å². The number of nitrogens with zero attached hydrogens (tertiary/aromatic N) is 1. The van der Waals surface area contributed by atoms with E-state index in [2.05, 4.69) is 11.9 Å². The number of carboxylic acids is 1. The molecule has 0 aliphatic heterocycles. The normalized spacial score (nSPS) is 10.4. The van der Waals surface area contributed by atoms with E-state index >= 15 is 0 Å². The number of pyridine rings is 1. The van der Waals surface area contributed by atoms with Crippen molar-refractivity contribution in [3.63, 3.8) is 0 Å². The average molecular weight is 279 g/mol. The van der Waals surface area contributed by atoms with Gasteiger partial charge in [-0.1, -0.05) is 51.9 Å². The molecule has 1 heterocycles. The third kappa shape index (κ3) is 6.55. The topological polar surface area (TPSA) is 59.4 Å². The fourth-order valence-electron chi connectivity index (χ4n) is 2.07. The summed E-state index contributed by atoms with van der Waals surface area (Å²) in [5.74, 6) is -0.771. The van der Waals surface area contributed by atoms with Crippen LogP contribution in [-0.2, 0) is 0 Å². The second kappa shape index (κ2) is 10.2. The maximum Gasteiger partial charge on any atom is 0.341 e. The van der Waals surface area contributed by atoms with E-state index in [1.165, 1.54) is 44.6 Å². The van der Waals surface area contributed by atoms with Crippen molar-refractivity contribution in [2.24, 2.45) is 0 Å². The SMILES string of the molecule is CCCCCCCCCCOc1ncccc1C(=O)O. The Balaban J connectivity index is 2.11. The molecule has 0 radical (unpaired) electrons. The molecular formula is C16H25NO3. The summed E-state index contributed by atoms with van der Waals surface area (Å²) in [6, 6.07) is 3.12. The Kier molecular flexibility index (Phi) is 8.43. The Morgan fingerprint density at radius 3 is 2.45 bits per heavy atom. The van der Waals surface area contributed by atoms with Gasteiger partial charge in [-0.2, -0.15) is 0 Å². The molecule has 0 saturated heterocycles. The van der Waals surface area contributed by atoms with E-state index in [1.807, 2.05) is 0 Å². The average Bonchev–Trinajstić information content (AvgIpc) is 2.46. The molecule has 4 heteroatoms. The smallest absolute Gasteiger partial charge is 0.341 e. The van der Waals surface area contributed by atoms with E-state index in [0.29, 0.717) is 6.61 Å². The molecule has 112 valence electrons. The first-order valence-corrected chi connectivity index (χ1v) is 7.56. The van der Waals surface area contributed by atoms with Gasteiger partial charge in [0.15, 0.2) is 0 Å². The van der Waals surface area contributed by atoms with E-state index in [9.17, 15) is 4.79 Å². The van der Waals surface area contributed by atoms with Gasteiger partial charge in [0.05, 0.1) is 6.61 Å². The number of unbranched alkanes of at least 4 members (excludes halogenated alkanes) is 7. The van der Waals surface area contributed by atoms with Gasteiger partial charge in [-0.3, -0.25) is 0 Å². The number of carbonyl (C=O) groups is 1. The number of aromatic carboxylic acids is 1. The Morgan fingerprint density at radius 2 is 1.80 bits per heavy atom. The van der Waals surface area contributed by atoms with Crippen molar-refractivity contribution < 1.29 is 14.6 Å². The fourth-order valence-corrected chi connectivity index (χ4v) is 2.07. The summed E-state index contributed by atoms with van der Waals surface area (Å²) in [7, 11) is 0. The molecule has 20 heavy (non-hydrogen) atoms. The van der Waals surface area contributed by atoms with Crippen LogP contribution in [-0.4, -0.2) is 22.7 Å². The lowest BCUT2D eigenvalue weighted by molar-refractivity contribution is 0.0691. The Bertz CT molecular complexity index is 393. The Morgan fingerprint density at radius 1 is 1.15 bits per heavy atom. The maximum absolute atomic E-state index is 11.0. The zero-order chi connectivity index (χ0) is 14.6. The third-order valence-corrected chi connectivity index (χ3v) is 3.24. The first-order chi connectivity index (χ1) is 9.75. The predicted octanol–water partition coefficient (Wildman–Crippen LogP) is 4.30. The van der Waals surface area contributed by atoms with Crippen molar-refractivity contribution in [3.8, 4) is 5.88 Å². The van der Waals surface area contributed by atoms with Crippen molar-refractivity contribution >= 4 is 5.97 Å². The van der Waals surface area contributed by atoms with Crippen molar-refractivity contribution in [3.05, 3.63) is 23.9 Å². The second-order valence-corrected chi connectivity index (χ2v) is 4.98. The largest absolute Gasteiger partial charge is 0.477 e. The highest BCUT2D eigenvalue weighted by molar-refractivity contribution is 5.90. The molecule has 4 nitrogen and oxygen atoms in total. The van der Waals surface area contributed by atoms with Crippen molar-refractivity contribution in [1.82, 2.24) is 4.98 Å². The Hall–Kier alpha value is -1.58. The van der Waals surface area contributed by atoms with E-state index in [-0.39, 0.29) is 11.4 Å². The van der Waals surface area contributed by atoms with Crippen molar-refractivity contribution in [2.75, 3.05) is 6.61 Å². The molecule has 0 fully saturated rings. The van der Waals surface area contributed by atoms with Gasteiger partial charge in [0.1, 0.15) is 5.56 Å². The summed E-state index contributed by atoms with van der Waals surface area (Å²) in [6.45, 7) is 2.76. The molecule has 0 unspecified atom stereocenters. The van der Waals surface area contributed by atoms with Crippen LogP contribution in [0.25, 0.3) is 0 Å². The van der Waals surface area contributed by atoms with Gasteiger partial charge in [0.2, 0.25) is 5.88 Å². The van der Waals surface area contributed by atoms with Gasteiger partial charge >= 0.3 is 5.97 Å². The fraction of sp³-hybridized carbons (Fsp3) is 0.625. The first kappa shape index (κ1) is 16.5. The molecule has 1 aromatic rings. The van der Waals surface area contributed by atoms with Gasteiger partial charge in [0, 0.05) is 6.20 Å². The zero-order valence-electron chi connectivity index (χ0n) is 12.3. The third-order valence-electron chi connectivity index (χ3n) is 3.24. The zero-order valence-corrected chi connectivity index (χ0v) is 12.3. The standard InChI is InChI=1S/C16H25NO3/c1-2-3-4-5-6-7-8-9-13-20-15-14(16(18)19)11-10-12-17-15/h10-12H,2-9,13H2,1H3,(H,18,19). The van der Waals surface area contributed by atoms with Crippen LogP contribution in [0, 0.1) is 0 Å². The molecule has 1 rings (SSSR count). The van der Waals surface area contributed by atoms with E-state index in [1.54, 1.807) is 12.3 Å². The lowest BCUT2D eigenvalue weighted by Crippen LogP contribution is -2.06. The van der Waals surface area contributed by atoms with Crippen molar-refractivity contribution in [1.29, 1.82) is 0 Å². The number of rotatable bonds is 11. The van der Waals surface area contributed by atoms with Crippen molar-refractivity contribution in [2.45, 2.75) is 58.3 Å². The lowest BCUT2D eigenvalue weighted by Gasteiger charge is -2.07. The molecule has 0 aliphatic rings. The van der Waals surface area contributed by atoms with Gasteiger partial charge in [-0.05, 0) is 18.6 Å². The molecule has 1 N–H and O–H groups in total. The predicted molar refractivity (Wildman–Crippen MR) is 79.3 cm³/mol. The number of hydrogen-bond donors (Lipinski definition) is 1. The van der Waals surface area contributed by atoms with Gasteiger partial charge < -0.3 is 9.84 Å². The monoisotopic (exact) mass is 279 g/mol. The quantitative estimate of drug-likeness (QED) is 0.613. The lowest BCUT2D eigenvalue weighted by atomic mass is 10.1. The molecule has 0 aliphatic carbocycles. The summed E-state index contributed by atoms with van der Waals surface area (Å²) in [6.07, 6.45) is 11.4. The molecule has 0 atom stereocenters. The number of hydrogen-bond acceptors (Lipinski definition) is 3. The number of ether oxygens (including phenoxy) is 1. The summed E-state index contributed by atoms with van der Waals surface area (Å²) in [4.78, 5) is 14.9. The Labute approximate surface area is 121 Å².